The van der Waals surface area contributed by atoms with Crippen LogP contribution in [0.4, 0.5) is 0 Å². The Labute approximate surface area is 135 Å². The Morgan fingerprint density at radius 2 is 2.09 bits per heavy atom. The van der Waals surface area contributed by atoms with Gasteiger partial charge in [0, 0.05) is 5.56 Å². The number of thiazole rings is 1. The van der Waals surface area contributed by atoms with Gasteiger partial charge in [0.2, 0.25) is 4.96 Å². The van der Waals surface area contributed by atoms with Crippen molar-refractivity contribution in [1.82, 2.24) is 14.6 Å². The van der Waals surface area contributed by atoms with Crippen LogP contribution in [0.2, 0.25) is 0 Å². The van der Waals surface area contributed by atoms with Crippen LogP contribution in [0.3, 0.4) is 0 Å². The fourth-order valence-corrected chi connectivity index (χ4v) is 2.97. The first kappa shape index (κ1) is 15.4. The fourth-order valence-electron chi connectivity index (χ4n) is 2.07. The fraction of sp³-hybridized carbons (Fsp3) is 0.250. The van der Waals surface area contributed by atoms with Crippen LogP contribution in [0.15, 0.2) is 33.9 Å². The first-order chi connectivity index (χ1) is 11.1. The van der Waals surface area contributed by atoms with Gasteiger partial charge in [-0.25, -0.2) is 0 Å². The highest BCUT2D eigenvalue weighted by molar-refractivity contribution is 7.15. The van der Waals surface area contributed by atoms with Crippen LogP contribution in [-0.4, -0.2) is 21.2 Å². The molecule has 3 aromatic rings. The van der Waals surface area contributed by atoms with Crippen molar-refractivity contribution >= 4 is 22.4 Å². The van der Waals surface area contributed by atoms with Crippen molar-refractivity contribution in [2.75, 3.05) is 6.61 Å². The van der Waals surface area contributed by atoms with E-state index in [0.29, 0.717) is 16.1 Å². The molecule has 1 aromatic carbocycles. The van der Waals surface area contributed by atoms with Gasteiger partial charge in [-0.3, -0.25) is 9.59 Å². The Kier molecular flexibility index (Phi) is 4.20. The predicted molar refractivity (Wildman–Crippen MR) is 89.2 cm³/mol. The van der Waals surface area contributed by atoms with Crippen LogP contribution in [0.25, 0.3) is 11.0 Å². The SMILES string of the molecule is CCCOc1ccccc1/C=c1\sc2nc(=O)c(C)nn2c1=O. The van der Waals surface area contributed by atoms with Crippen LogP contribution < -0.4 is 20.4 Å². The number of benzene rings is 1. The van der Waals surface area contributed by atoms with Crippen molar-refractivity contribution in [3.05, 3.63) is 60.8 Å². The van der Waals surface area contributed by atoms with E-state index in [2.05, 4.69) is 10.1 Å². The van der Waals surface area contributed by atoms with Gasteiger partial charge in [-0.2, -0.15) is 14.6 Å². The van der Waals surface area contributed by atoms with Crippen molar-refractivity contribution in [1.29, 1.82) is 0 Å². The lowest BCUT2D eigenvalue weighted by Crippen LogP contribution is -2.27. The van der Waals surface area contributed by atoms with Crippen LogP contribution >= 0.6 is 11.3 Å². The third-order valence-corrected chi connectivity index (χ3v) is 4.17. The second-order valence-corrected chi connectivity index (χ2v) is 6.01. The van der Waals surface area contributed by atoms with Gasteiger partial charge < -0.3 is 4.74 Å². The van der Waals surface area contributed by atoms with Gasteiger partial charge in [0.1, 0.15) is 11.4 Å². The van der Waals surface area contributed by atoms with E-state index in [9.17, 15) is 9.59 Å². The van der Waals surface area contributed by atoms with Crippen molar-refractivity contribution in [3.8, 4) is 5.75 Å². The quantitative estimate of drug-likeness (QED) is 0.718. The second kappa shape index (κ2) is 6.29. The normalized spacial score (nSPS) is 12.0. The van der Waals surface area contributed by atoms with Gasteiger partial charge in [0.25, 0.3) is 11.1 Å². The lowest BCUT2D eigenvalue weighted by molar-refractivity contribution is 0.317. The Morgan fingerprint density at radius 3 is 2.87 bits per heavy atom. The highest BCUT2D eigenvalue weighted by atomic mass is 32.1. The Hall–Kier alpha value is -2.54. The predicted octanol–water partition coefficient (Wildman–Crippen LogP) is 1.16. The Balaban J connectivity index is 2.17. The minimum Gasteiger partial charge on any atom is -0.493 e. The molecule has 0 atom stereocenters. The minimum absolute atomic E-state index is 0.204. The molecule has 118 valence electrons. The van der Waals surface area contributed by atoms with Gasteiger partial charge >= 0.3 is 0 Å². The maximum Gasteiger partial charge on any atom is 0.295 e. The van der Waals surface area contributed by atoms with Crippen LogP contribution in [-0.2, 0) is 0 Å². The number of hydrogen-bond donors (Lipinski definition) is 0. The summed E-state index contributed by atoms with van der Waals surface area (Å²) in [5.74, 6) is 0.720. The summed E-state index contributed by atoms with van der Waals surface area (Å²) in [6.07, 6.45) is 2.65. The first-order valence-electron chi connectivity index (χ1n) is 7.24. The van der Waals surface area contributed by atoms with Crippen LogP contribution in [0, 0.1) is 6.92 Å². The van der Waals surface area contributed by atoms with Crippen molar-refractivity contribution in [2.45, 2.75) is 20.3 Å². The summed E-state index contributed by atoms with van der Waals surface area (Å²) in [6, 6.07) is 7.51. The number of para-hydroxylation sites is 1. The topological polar surface area (TPSA) is 73.6 Å². The smallest absolute Gasteiger partial charge is 0.295 e. The molecule has 0 amide bonds. The zero-order valence-electron chi connectivity index (χ0n) is 12.8. The zero-order chi connectivity index (χ0) is 16.4. The molecule has 3 rings (SSSR count). The van der Waals surface area contributed by atoms with E-state index in [1.165, 1.54) is 11.4 Å². The van der Waals surface area contributed by atoms with E-state index in [4.69, 9.17) is 4.74 Å². The lowest BCUT2D eigenvalue weighted by Gasteiger charge is -2.07. The van der Waals surface area contributed by atoms with Gasteiger partial charge in [-0.05, 0) is 25.5 Å². The van der Waals surface area contributed by atoms with Crippen molar-refractivity contribution < 1.29 is 4.74 Å². The molecule has 2 aromatic heterocycles. The number of hydrogen-bond acceptors (Lipinski definition) is 6. The molecule has 0 aliphatic heterocycles. The molecule has 0 aliphatic rings. The Bertz CT molecular complexity index is 1020. The highest BCUT2D eigenvalue weighted by Gasteiger charge is 2.09. The standard InChI is InChI=1S/C16H15N3O3S/c1-3-8-22-12-7-5-4-6-11(12)9-13-15(21)19-16(23-13)17-14(20)10(2)18-19/h4-7,9H,3,8H2,1-2H3/b13-9-. The molecule has 0 N–H and O–H groups in total. The molecule has 0 saturated carbocycles. The molecule has 0 saturated heterocycles. The maximum absolute atomic E-state index is 12.4. The van der Waals surface area contributed by atoms with Gasteiger partial charge in [-0.15, -0.1) is 0 Å². The summed E-state index contributed by atoms with van der Waals surface area (Å²) in [5.41, 5.74) is 0.315. The minimum atomic E-state index is -0.413. The Morgan fingerprint density at radius 1 is 1.30 bits per heavy atom. The summed E-state index contributed by atoms with van der Waals surface area (Å²) in [6.45, 7) is 4.18. The number of aromatic nitrogens is 3. The highest BCUT2D eigenvalue weighted by Crippen LogP contribution is 2.18. The van der Waals surface area contributed by atoms with Crippen molar-refractivity contribution in [2.24, 2.45) is 0 Å². The summed E-state index contributed by atoms with van der Waals surface area (Å²) < 4.78 is 7.32. The average molecular weight is 329 g/mol. The molecule has 2 heterocycles. The van der Waals surface area contributed by atoms with E-state index in [0.717, 1.165) is 29.1 Å². The maximum atomic E-state index is 12.4. The van der Waals surface area contributed by atoms with Crippen molar-refractivity contribution in [3.63, 3.8) is 0 Å². The third kappa shape index (κ3) is 3.00. The molecule has 0 unspecified atom stereocenters. The number of aryl methyl sites for hydroxylation is 1. The zero-order valence-corrected chi connectivity index (χ0v) is 13.6. The van der Waals surface area contributed by atoms with E-state index < -0.39 is 5.56 Å². The molecule has 23 heavy (non-hydrogen) atoms. The summed E-state index contributed by atoms with van der Waals surface area (Å²) in [4.78, 5) is 28.2. The molecule has 0 fully saturated rings. The van der Waals surface area contributed by atoms with E-state index in [1.807, 2.05) is 31.2 Å². The summed E-state index contributed by atoms with van der Waals surface area (Å²) >= 11 is 1.14. The van der Waals surface area contributed by atoms with Gasteiger partial charge in [0.15, 0.2) is 0 Å². The molecular formula is C16H15N3O3S. The molecule has 0 bridgehead atoms. The number of nitrogens with zero attached hydrogens (tertiary/aromatic N) is 3. The second-order valence-electron chi connectivity index (χ2n) is 5.00. The van der Waals surface area contributed by atoms with Gasteiger partial charge in [0.05, 0.1) is 11.1 Å². The lowest BCUT2D eigenvalue weighted by atomic mass is 10.2. The van der Waals surface area contributed by atoms with E-state index in [-0.39, 0.29) is 11.3 Å². The molecule has 7 heteroatoms. The monoisotopic (exact) mass is 329 g/mol. The third-order valence-electron chi connectivity index (χ3n) is 3.21. The largest absolute Gasteiger partial charge is 0.493 e. The van der Waals surface area contributed by atoms with Crippen LogP contribution in [0.1, 0.15) is 24.6 Å². The average Bonchev–Trinajstić information content (AvgIpc) is 2.83. The van der Waals surface area contributed by atoms with E-state index in [1.54, 1.807) is 6.08 Å². The number of rotatable bonds is 4. The molecule has 0 aliphatic carbocycles. The van der Waals surface area contributed by atoms with Gasteiger partial charge in [-0.1, -0.05) is 36.5 Å². The summed E-state index contributed by atoms with van der Waals surface area (Å²) in [5, 5.41) is 4.00. The first-order valence-corrected chi connectivity index (χ1v) is 8.06. The molecular weight excluding hydrogens is 314 g/mol. The molecule has 6 nitrogen and oxygen atoms in total. The van der Waals surface area contributed by atoms with E-state index >= 15 is 0 Å². The van der Waals surface area contributed by atoms with Crippen LogP contribution in [0.5, 0.6) is 5.75 Å². The molecule has 0 radical (unpaired) electrons. The molecule has 0 spiro atoms. The summed E-state index contributed by atoms with van der Waals surface area (Å²) in [7, 11) is 0. The number of ether oxygens (including phenoxy) is 1. The number of fused-ring (bicyclic) bond motifs is 1.